The fourth-order valence-electron chi connectivity index (χ4n) is 2.91. The van der Waals surface area contributed by atoms with Crippen molar-refractivity contribution in [2.24, 2.45) is 4.99 Å². The molecule has 26 heavy (non-hydrogen) atoms. The van der Waals surface area contributed by atoms with Crippen LogP contribution in [0.5, 0.6) is 0 Å². The number of hydrogen-bond acceptors (Lipinski definition) is 5. The van der Waals surface area contributed by atoms with E-state index in [4.69, 9.17) is 0 Å². The Hall–Kier alpha value is -1.77. The molecule has 1 atom stereocenters. The molecule has 1 aliphatic heterocycles. The third-order valence-corrected chi connectivity index (χ3v) is 8.79. The molecule has 8 heteroatoms. The highest BCUT2D eigenvalue weighted by atomic mass is 32.2. The van der Waals surface area contributed by atoms with E-state index in [1.54, 1.807) is 36.3 Å². The molecule has 2 aromatic heterocycles. The SMILES string of the molecule is [CH2]CC1CN=C(c2cc3cccc(N(C)S(=O)(=O)c4cccs4)c3[nH]2)S1. The van der Waals surface area contributed by atoms with Crippen LogP contribution in [0.15, 0.2) is 51.0 Å². The van der Waals surface area contributed by atoms with Gasteiger partial charge in [0.15, 0.2) is 0 Å². The minimum Gasteiger partial charge on any atom is -0.351 e. The van der Waals surface area contributed by atoms with Crippen molar-refractivity contribution < 1.29 is 8.42 Å². The van der Waals surface area contributed by atoms with Gasteiger partial charge in [0.1, 0.15) is 9.25 Å². The lowest BCUT2D eigenvalue weighted by molar-refractivity contribution is 0.596. The van der Waals surface area contributed by atoms with Crippen LogP contribution in [0, 0.1) is 6.92 Å². The third-order valence-electron chi connectivity index (χ3n) is 4.35. The second-order valence-corrected chi connectivity index (χ2v) is 10.4. The fraction of sp³-hybridized carbons (Fsp3) is 0.222. The molecule has 1 aromatic carbocycles. The number of fused-ring (bicyclic) bond motifs is 1. The molecule has 0 bridgehead atoms. The lowest BCUT2D eigenvalue weighted by Crippen LogP contribution is -2.26. The second-order valence-electron chi connectivity index (χ2n) is 6.00. The smallest absolute Gasteiger partial charge is 0.273 e. The number of H-pyrrole nitrogens is 1. The van der Waals surface area contributed by atoms with Gasteiger partial charge >= 0.3 is 0 Å². The summed E-state index contributed by atoms with van der Waals surface area (Å²) in [5.74, 6) is 0. The molecule has 0 aliphatic carbocycles. The average Bonchev–Trinajstić information content (AvgIpc) is 3.39. The molecule has 0 fully saturated rings. The van der Waals surface area contributed by atoms with Crippen LogP contribution >= 0.6 is 23.1 Å². The predicted molar refractivity (Wildman–Crippen MR) is 111 cm³/mol. The van der Waals surface area contributed by atoms with E-state index in [0.29, 0.717) is 15.1 Å². The van der Waals surface area contributed by atoms with Gasteiger partial charge in [-0.2, -0.15) is 0 Å². The third kappa shape index (κ3) is 2.95. The Kier molecular flexibility index (Phi) is 4.58. The van der Waals surface area contributed by atoms with Crippen LogP contribution < -0.4 is 4.31 Å². The Balaban J connectivity index is 1.75. The van der Waals surface area contributed by atoms with Gasteiger partial charge in [0.25, 0.3) is 10.0 Å². The monoisotopic (exact) mass is 404 g/mol. The first kappa shape index (κ1) is 17.6. The normalized spacial score (nSPS) is 17.6. The highest BCUT2D eigenvalue weighted by molar-refractivity contribution is 8.15. The number of rotatable bonds is 5. The molecule has 0 saturated heterocycles. The molecule has 0 saturated carbocycles. The number of nitrogens with zero attached hydrogens (tertiary/aromatic N) is 2. The number of aliphatic imine (C=N–C) groups is 1. The lowest BCUT2D eigenvalue weighted by atomic mass is 10.2. The first-order chi connectivity index (χ1) is 12.5. The second kappa shape index (κ2) is 6.75. The molecular weight excluding hydrogens is 386 g/mol. The highest BCUT2D eigenvalue weighted by Crippen LogP contribution is 2.34. The largest absolute Gasteiger partial charge is 0.351 e. The van der Waals surface area contributed by atoms with E-state index in [9.17, 15) is 8.42 Å². The van der Waals surface area contributed by atoms with E-state index in [0.717, 1.165) is 34.6 Å². The Morgan fingerprint density at radius 2 is 2.19 bits per heavy atom. The zero-order valence-electron chi connectivity index (χ0n) is 14.2. The molecule has 1 aliphatic rings. The summed E-state index contributed by atoms with van der Waals surface area (Å²) in [4.78, 5) is 7.97. The number of sulfonamides is 1. The molecule has 5 nitrogen and oxygen atoms in total. The first-order valence-electron chi connectivity index (χ1n) is 8.15. The van der Waals surface area contributed by atoms with Crippen LogP contribution in [0.3, 0.4) is 0 Å². The van der Waals surface area contributed by atoms with Crippen molar-refractivity contribution in [1.82, 2.24) is 4.98 Å². The number of para-hydroxylation sites is 1. The van der Waals surface area contributed by atoms with Crippen molar-refractivity contribution in [1.29, 1.82) is 0 Å². The topological polar surface area (TPSA) is 65.5 Å². The molecule has 135 valence electrons. The van der Waals surface area contributed by atoms with Crippen molar-refractivity contribution >= 4 is 54.8 Å². The van der Waals surface area contributed by atoms with Crippen LogP contribution in [0.2, 0.25) is 0 Å². The van der Waals surface area contributed by atoms with Gasteiger partial charge in [0, 0.05) is 17.7 Å². The Morgan fingerprint density at radius 1 is 1.35 bits per heavy atom. The molecule has 3 heterocycles. The Labute approximate surface area is 161 Å². The standard InChI is InChI=1S/C18H18N3O2S3/c1-3-13-11-19-18(25-13)14-10-12-6-4-7-15(17(12)20-14)21(2)26(22,23)16-8-5-9-24-16/h4-10,13,20H,1,3,11H2,2H3. The van der Waals surface area contributed by atoms with E-state index in [2.05, 4.69) is 16.9 Å². The molecule has 0 spiro atoms. The molecule has 1 N–H and O–H groups in total. The van der Waals surface area contributed by atoms with Crippen molar-refractivity contribution in [2.75, 3.05) is 17.9 Å². The van der Waals surface area contributed by atoms with Crippen LogP contribution in [0.25, 0.3) is 10.9 Å². The summed E-state index contributed by atoms with van der Waals surface area (Å²) >= 11 is 2.94. The number of thioether (sulfide) groups is 1. The minimum atomic E-state index is -3.57. The minimum absolute atomic E-state index is 0.331. The zero-order valence-corrected chi connectivity index (χ0v) is 16.6. The van der Waals surface area contributed by atoms with Gasteiger partial charge in [-0.05, 0) is 30.0 Å². The van der Waals surface area contributed by atoms with E-state index in [1.165, 1.54) is 15.6 Å². The summed E-state index contributed by atoms with van der Waals surface area (Å²) in [6, 6.07) is 11.1. The van der Waals surface area contributed by atoms with Gasteiger partial charge in [-0.1, -0.05) is 36.9 Å². The Bertz CT molecular complexity index is 1070. The first-order valence-corrected chi connectivity index (χ1v) is 11.4. The van der Waals surface area contributed by atoms with E-state index in [1.807, 2.05) is 24.3 Å². The molecule has 1 unspecified atom stereocenters. The highest BCUT2D eigenvalue weighted by Gasteiger charge is 2.25. The van der Waals surface area contributed by atoms with Crippen molar-refractivity contribution in [2.45, 2.75) is 15.9 Å². The van der Waals surface area contributed by atoms with Crippen molar-refractivity contribution in [3.8, 4) is 0 Å². The maximum atomic E-state index is 12.9. The van der Waals surface area contributed by atoms with Gasteiger partial charge in [-0.3, -0.25) is 9.30 Å². The zero-order chi connectivity index (χ0) is 18.3. The van der Waals surface area contributed by atoms with Gasteiger partial charge in [-0.15, -0.1) is 11.3 Å². The maximum absolute atomic E-state index is 12.9. The summed E-state index contributed by atoms with van der Waals surface area (Å²) in [5.41, 5.74) is 2.35. The van der Waals surface area contributed by atoms with E-state index >= 15 is 0 Å². The van der Waals surface area contributed by atoms with Crippen LogP contribution in [-0.4, -0.2) is 37.3 Å². The van der Waals surface area contributed by atoms with Gasteiger partial charge in [0.2, 0.25) is 0 Å². The van der Waals surface area contributed by atoms with E-state index < -0.39 is 10.0 Å². The number of benzene rings is 1. The summed E-state index contributed by atoms with van der Waals surface area (Å²) in [5, 5.41) is 4.11. The fourth-order valence-corrected chi connectivity index (χ4v) is 6.25. The van der Waals surface area contributed by atoms with Crippen LogP contribution in [0.4, 0.5) is 5.69 Å². The van der Waals surface area contributed by atoms with Gasteiger partial charge < -0.3 is 4.98 Å². The van der Waals surface area contributed by atoms with Crippen molar-refractivity contribution in [3.63, 3.8) is 0 Å². The molecule has 1 radical (unpaired) electrons. The summed E-state index contributed by atoms with van der Waals surface area (Å²) in [7, 11) is -1.99. The Morgan fingerprint density at radius 3 is 2.88 bits per heavy atom. The summed E-state index contributed by atoms with van der Waals surface area (Å²) in [6.45, 7) is 4.73. The molecule has 4 rings (SSSR count). The molecular formula is C18H18N3O2S3. The van der Waals surface area contributed by atoms with Gasteiger partial charge in [0.05, 0.1) is 23.4 Å². The quantitative estimate of drug-likeness (QED) is 0.695. The lowest BCUT2D eigenvalue weighted by Gasteiger charge is -2.19. The summed E-state index contributed by atoms with van der Waals surface area (Å²) in [6.07, 6.45) is 0.838. The number of anilines is 1. The average molecular weight is 405 g/mol. The van der Waals surface area contributed by atoms with E-state index in [-0.39, 0.29) is 0 Å². The number of aromatic amines is 1. The van der Waals surface area contributed by atoms with Crippen molar-refractivity contribution in [3.05, 3.63) is 54.4 Å². The molecule has 3 aromatic rings. The number of thiophene rings is 1. The van der Waals surface area contributed by atoms with Crippen LogP contribution in [0.1, 0.15) is 12.1 Å². The maximum Gasteiger partial charge on any atom is 0.273 e. The summed E-state index contributed by atoms with van der Waals surface area (Å²) < 4.78 is 27.4. The number of hydrogen-bond donors (Lipinski definition) is 1. The number of aromatic nitrogens is 1. The number of nitrogens with one attached hydrogen (secondary N) is 1. The molecule has 0 amide bonds. The predicted octanol–water partition coefficient (Wildman–Crippen LogP) is 4.14. The van der Waals surface area contributed by atoms with Gasteiger partial charge in [-0.25, -0.2) is 8.42 Å². The van der Waals surface area contributed by atoms with Crippen LogP contribution in [-0.2, 0) is 10.0 Å².